The number of hydrogen-bond donors (Lipinski definition) is 1. The van der Waals surface area contributed by atoms with Crippen molar-refractivity contribution in [3.05, 3.63) is 29.6 Å². The number of hydrogen-bond acceptors (Lipinski definition) is 2. The smallest absolute Gasteiger partial charge is 0.113 e. The average molecular weight is 147 g/mol. The zero-order valence-electron chi connectivity index (χ0n) is 6.33. The predicted molar refractivity (Wildman–Crippen MR) is 42.9 cm³/mol. The first-order valence-corrected chi connectivity index (χ1v) is 3.35. The summed E-state index contributed by atoms with van der Waals surface area (Å²) in [6.45, 7) is 1.86. The maximum absolute atomic E-state index is 8.40. The van der Waals surface area contributed by atoms with Crippen LogP contribution in [0.15, 0.2) is 18.3 Å². The van der Waals surface area contributed by atoms with Gasteiger partial charge in [-0.3, -0.25) is 0 Å². The first-order valence-electron chi connectivity index (χ1n) is 3.35. The average Bonchev–Trinajstić information content (AvgIpc) is 2.01. The molecule has 1 rings (SSSR count). The van der Waals surface area contributed by atoms with Gasteiger partial charge in [-0.1, -0.05) is 5.92 Å². The number of aliphatic hydroxyl groups is 1. The van der Waals surface area contributed by atoms with E-state index in [4.69, 9.17) is 5.11 Å². The van der Waals surface area contributed by atoms with Crippen molar-refractivity contribution < 1.29 is 5.11 Å². The Morgan fingerprint density at radius 1 is 1.64 bits per heavy atom. The number of aliphatic hydroxyl groups excluding tert-OH is 1. The summed E-state index contributed by atoms with van der Waals surface area (Å²) in [5, 5.41) is 8.40. The van der Waals surface area contributed by atoms with E-state index in [1.54, 1.807) is 6.20 Å². The zero-order valence-corrected chi connectivity index (χ0v) is 6.33. The number of aromatic nitrogens is 1. The van der Waals surface area contributed by atoms with Crippen LogP contribution in [0.4, 0.5) is 0 Å². The third-order valence-corrected chi connectivity index (χ3v) is 1.21. The molecule has 0 atom stereocenters. The van der Waals surface area contributed by atoms with Crippen LogP contribution in [0, 0.1) is 18.8 Å². The fourth-order valence-electron chi connectivity index (χ4n) is 0.735. The molecule has 0 aliphatic carbocycles. The molecule has 1 N–H and O–H groups in total. The molecule has 1 heterocycles. The Bertz CT molecular complexity index is 296. The zero-order chi connectivity index (χ0) is 8.10. The van der Waals surface area contributed by atoms with E-state index in [0.717, 1.165) is 5.56 Å². The van der Waals surface area contributed by atoms with E-state index >= 15 is 0 Å². The number of nitrogens with zero attached hydrogens (tertiary/aromatic N) is 1. The van der Waals surface area contributed by atoms with Gasteiger partial charge in [0.15, 0.2) is 0 Å². The van der Waals surface area contributed by atoms with E-state index < -0.39 is 0 Å². The number of pyridine rings is 1. The summed E-state index contributed by atoms with van der Waals surface area (Å²) in [7, 11) is 0. The highest BCUT2D eigenvalue weighted by Crippen LogP contribution is 1.96. The molecule has 0 radical (unpaired) electrons. The van der Waals surface area contributed by atoms with Gasteiger partial charge in [-0.25, -0.2) is 4.98 Å². The minimum absolute atomic E-state index is 0.115. The quantitative estimate of drug-likeness (QED) is 0.549. The lowest BCUT2D eigenvalue weighted by molar-refractivity contribution is 0.350. The molecule has 0 saturated carbocycles. The van der Waals surface area contributed by atoms with E-state index in [1.165, 1.54) is 0 Å². The third-order valence-electron chi connectivity index (χ3n) is 1.21. The second-order valence-corrected chi connectivity index (χ2v) is 2.18. The maximum Gasteiger partial charge on any atom is 0.113 e. The maximum atomic E-state index is 8.40. The molecule has 0 fully saturated rings. The lowest BCUT2D eigenvalue weighted by atomic mass is 10.2. The van der Waals surface area contributed by atoms with Crippen LogP contribution in [0.3, 0.4) is 0 Å². The summed E-state index contributed by atoms with van der Waals surface area (Å²) in [6, 6.07) is 3.78. The lowest BCUT2D eigenvalue weighted by Crippen LogP contribution is -1.83. The molecule has 56 valence electrons. The van der Waals surface area contributed by atoms with Crippen molar-refractivity contribution in [3.8, 4) is 11.8 Å². The summed E-state index contributed by atoms with van der Waals surface area (Å²) in [4.78, 5) is 3.99. The summed E-state index contributed by atoms with van der Waals surface area (Å²) in [5.74, 6) is 5.26. The first kappa shape index (κ1) is 7.77. The first-order chi connectivity index (χ1) is 5.33. The molecule has 0 amide bonds. The SMILES string of the molecule is Cc1ccnc(C#CCO)c1. The van der Waals surface area contributed by atoms with Crippen molar-refractivity contribution in [2.24, 2.45) is 0 Å². The number of aryl methyl sites for hydroxylation is 1. The van der Waals surface area contributed by atoms with E-state index in [0.29, 0.717) is 5.69 Å². The molecule has 1 aromatic heterocycles. The predicted octanol–water partition coefficient (Wildman–Crippen LogP) is 0.734. The summed E-state index contributed by atoms with van der Waals surface area (Å²) in [5.41, 5.74) is 1.83. The van der Waals surface area contributed by atoms with Crippen molar-refractivity contribution in [1.29, 1.82) is 0 Å². The highest BCUT2D eigenvalue weighted by atomic mass is 16.2. The van der Waals surface area contributed by atoms with Gasteiger partial charge in [0.2, 0.25) is 0 Å². The van der Waals surface area contributed by atoms with Crippen LogP contribution in [0.5, 0.6) is 0 Å². The van der Waals surface area contributed by atoms with Gasteiger partial charge in [-0.15, -0.1) is 0 Å². The fraction of sp³-hybridized carbons (Fsp3) is 0.222. The van der Waals surface area contributed by atoms with Crippen molar-refractivity contribution in [2.75, 3.05) is 6.61 Å². The van der Waals surface area contributed by atoms with Gasteiger partial charge in [-0.05, 0) is 30.5 Å². The Morgan fingerprint density at radius 2 is 2.45 bits per heavy atom. The van der Waals surface area contributed by atoms with Crippen LogP contribution in [0.2, 0.25) is 0 Å². The van der Waals surface area contributed by atoms with Crippen LogP contribution in [-0.2, 0) is 0 Å². The van der Waals surface area contributed by atoms with E-state index in [-0.39, 0.29) is 6.61 Å². The molecule has 2 heteroatoms. The standard InChI is InChI=1S/C9H9NO/c1-8-4-5-10-9(7-8)3-2-6-11/h4-5,7,11H,6H2,1H3. The van der Waals surface area contributed by atoms with Gasteiger partial charge in [0, 0.05) is 6.20 Å². The molecule has 0 aromatic carbocycles. The Hall–Kier alpha value is -1.33. The van der Waals surface area contributed by atoms with Crippen molar-refractivity contribution in [1.82, 2.24) is 4.98 Å². The highest BCUT2D eigenvalue weighted by molar-refractivity contribution is 5.29. The molecule has 2 nitrogen and oxygen atoms in total. The Kier molecular flexibility index (Phi) is 2.65. The molecular formula is C9H9NO. The second kappa shape index (κ2) is 3.75. The third kappa shape index (κ3) is 2.40. The van der Waals surface area contributed by atoms with Gasteiger partial charge in [0.1, 0.15) is 12.3 Å². The van der Waals surface area contributed by atoms with Gasteiger partial charge >= 0.3 is 0 Å². The van der Waals surface area contributed by atoms with Crippen molar-refractivity contribution in [3.63, 3.8) is 0 Å². The van der Waals surface area contributed by atoms with Crippen LogP contribution in [0.25, 0.3) is 0 Å². The van der Waals surface area contributed by atoms with Crippen LogP contribution in [0.1, 0.15) is 11.3 Å². The second-order valence-electron chi connectivity index (χ2n) is 2.18. The molecule has 0 saturated heterocycles. The fourth-order valence-corrected chi connectivity index (χ4v) is 0.735. The molecule has 0 aliphatic heterocycles. The minimum Gasteiger partial charge on any atom is -0.384 e. The van der Waals surface area contributed by atoms with E-state index in [1.807, 2.05) is 19.1 Å². The Labute approximate surface area is 65.9 Å². The summed E-state index contributed by atoms with van der Waals surface area (Å²) in [6.07, 6.45) is 1.71. The van der Waals surface area contributed by atoms with E-state index in [2.05, 4.69) is 16.8 Å². The molecule has 0 bridgehead atoms. The van der Waals surface area contributed by atoms with Crippen LogP contribution < -0.4 is 0 Å². The van der Waals surface area contributed by atoms with Crippen molar-refractivity contribution >= 4 is 0 Å². The summed E-state index contributed by atoms with van der Waals surface area (Å²) < 4.78 is 0. The number of rotatable bonds is 0. The Morgan fingerprint density at radius 3 is 3.09 bits per heavy atom. The van der Waals surface area contributed by atoms with Crippen LogP contribution in [-0.4, -0.2) is 16.7 Å². The molecule has 0 spiro atoms. The molecule has 11 heavy (non-hydrogen) atoms. The lowest BCUT2D eigenvalue weighted by Gasteiger charge is -1.90. The van der Waals surface area contributed by atoms with E-state index in [9.17, 15) is 0 Å². The van der Waals surface area contributed by atoms with Gasteiger partial charge in [0.25, 0.3) is 0 Å². The highest BCUT2D eigenvalue weighted by Gasteiger charge is 1.86. The molecular weight excluding hydrogens is 138 g/mol. The largest absolute Gasteiger partial charge is 0.384 e. The Balaban J connectivity index is 2.87. The molecule has 0 unspecified atom stereocenters. The van der Waals surface area contributed by atoms with Gasteiger partial charge in [0.05, 0.1) is 0 Å². The molecule has 0 aliphatic rings. The van der Waals surface area contributed by atoms with Crippen molar-refractivity contribution in [2.45, 2.75) is 6.92 Å². The summed E-state index contributed by atoms with van der Waals surface area (Å²) >= 11 is 0. The minimum atomic E-state index is -0.115. The topological polar surface area (TPSA) is 33.1 Å². The normalized spacial score (nSPS) is 8.55. The monoisotopic (exact) mass is 147 g/mol. The van der Waals surface area contributed by atoms with Crippen LogP contribution >= 0.6 is 0 Å². The molecule has 1 aromatic rings. The van der Waals surface area contributed by atoms with Gasteiger partial charge in [-0.2, -0.15) is 0 Å². The van der Waals surface area contributed by atoms with Gasteiger partial charge < -0.3 is 5.11 Å².